The molecule has 8 rings (SSSR count). The second-order valence-corrected chi connectivity index (χ2v) is 15.3. The number of fused-ring (bicyclic) bond motifs is 3. The van der Waals surface area contributed by atoms with Crippen molar-refractivity contribution in [2.45, 2.75) is 66.2 Å². The van der Waals surface area contributed by atoms with Crippen molar-refractivity contribution in [3.63, 3.8) is 0 Å². The zero-order valence-corrected chi connectivity index (χ0v) is 31.8. The summed E-state index contributed by atoms with van der Waals surface area (Å²) in [6.07, 6.45) is 6.25. The Morgan fingerprint density at radius 3 is 1.92 bits per heavy atom. The van der Waals surface area contributed by atoms with Gasteiger partial charge in [0.05, 0.1) is 17.7 Å². The number of para-hydroxylation sites is 1. The second-order valence-electron chi connectivity index (χ2n) is 15.3. The molecule has 0 unspecified atom stereocenters. The van der Waals surface area contributed by atoms with E-state index in [0.29, 0.717) is 24.4 Å². The first-order valence-electron chi connectivity index (χ1n) is 18.9. The Morgan fingerprint density at radius 2 is 1.25 bits per heavy atom. The summed E-state index contributed by atoms with van der Waals surface area (Å²) in [6, 6.07) is 41.3. The summed E-state index contributed by atoms with van der Waals surface area (Å²) in [4.78, 5) is 9.35. The van der Waals surface area contributed by atoms with Crippen molar-refractivity contribution in [1.82, 2.24) is 9.55 Å². The molecule has 5 nitrogen and oxygen atoms in total. The fraction of sp³-hybridized carbons (Fsp3) is 0.229. The van der Waals surface area contributed by atoms with Crippen LogP contribution in [-0.2, 0) is 0 Å². The van der Waals surface area contributed by atoms with Crippen LogP contribution in [0.4, 0.5) is 11.4 Å². The van der Waals surface area contributed by atoms with Gasteiger partial charge in [-0.15, -0.1) is 0 Å². The highest BCUT2D eigenvalue weighted by Gasteiger charge is 2.21. The van der Waals surface area contributed by atoms with Gasteiger partial charge >= 0.3 is 0 Å². The molecule has 5 heteroatoms. The number of benzene rings is 5. The molecular formula is C48H48N4O. The predicted molar refractivity (Wildman–Crippen MR) is 223 cm³/mol. The van der Waals surface area contributed by atoms with E-state index in [9.17, 15) is 0 Å². The Morgan fingerprint density at radius 1 is 0.585 bits per heavy atom. The van der Waals surface area contributed by atoms with E-state index in [-0.39, 0.29) is 0 Å². The van der Waals surface area contributed by atoms with Gasteiger partial charge in [-0.1, -0.05) is 96.1 Å². The van der Waals surface area contributed by atoms with E-state index in [1.165, 1.54) is 44.3 Å². The fourth-order valence-electron chi connectivity index (χ4n) is 7.60. The molecule has 0 fully saturated rings. The van der Waals surface area contributed by atoms with Crippen LogP contribution in [0.25, 0.3) is 38.8 Å². The molecule has 1 aliphatic heterocycles. The molecule has 0 bridgehead atoms. The minimum atomic E-state index is 0.429. The molecule has 3 heterocycles. The van der Waals surface area contributed by atoms with E-state index >= 15 is 0 Å². The van der Waals surface area contributed by atoms with Gasteiger partial charge < -0.3 is 14.5 Å². The standard InChI is InChI=1S/C48H48N4O/c1-31(2)36-25-43(32(3)4)48(44(26-36)33(5)6)35-12-10-13-37(24-35)50-22-23-51(30-50)38-14-11-15-39(27-38)53-40-19-20-42-41-16-8-9-17-45(41)52(46(42)28-40)47-21-18-34(7)29-49-47/h8-29,31-33H,30H2,1-7H3. The monoisotopic (exact) mass is 696 g/mol. The lowest BCUT2D eigenvalue weighted by Crippen LogP contribution is -2.24. The summed E-state index contributed by atoms with van der Waals surface area (Å²) >= 11 is 0. The Hall–Kier alpha value is -5.81. The first kappa shape index (κ1) is 34.3. The molecular weight excluding hydrogens is 649 g/mol. The summed E-state index contributed by atoms with van der Waals surface area (Å²) in [5.41, 5.74) is 12.5. The molecule has 0 radical (unpaired) electrons. The third-order valence-corrected chi connectivity index (χ3v) is 10.5. The van der Waals surface area contributed by atoms with E-state index in [1.54, 1.807) is 0 Å². The van der Waals surface area contributed by atoms with Crippen molar-refractivity contribution >= 4 is 33.2 Å². The van der Waals surface area contributed by atoms with Gasteiger partial charge in [0.15, 0.2) is 0 Å². The number of aryl methyl sites for hydroxylation is 1. The molecule has 0 saturated heterocycles. The van der Waals surface area contributed by atoms with Gasteiger partial charge in [0.1, 0.15) is 17.3 Å². The quantitative estimate of drug-likeness (QED) is 0.150. The normalized spacial score (nSPS) is 13.1. The molecule has 5 aromatic carbocycles. The summed E-state index contributed by atoms with van der Waals surface area (Å²) in [5.74, 6) is 3.82. The third-order valence-electron chi connectivity index (χ3n) is 10.5. The van der Waals surface area contributed by atoms with Crippen LogP contribution in [0.5, 0.6) is 11.5 Å². The molecule has 0 saturated carbocycles. The lowest BCUT2D eigenvalue weighted by Gasteiger charge is -2.25. The molecule has 2 aromatic heterocycles. The number of anilines is 2. The molecule has 0 N–H and O–H groups in total. The average Bonchev–Trinajstić information content (AvgIpc) is 3.78. The molecule has 1 aliphatic rings. The lowest BCUT2D eigenvalue weighted by atomic mass is 9.81. The number of hydrogen-bond acceptors (Lipinski definition) is 4. The smallest absolute Gasteiger partial charge is 0.137 e. The number of rotatable bonds is 9. The summed E-state index contributed by atoms with van der Waals surface area (Å²) in [6.45, 7) is 16.6. The molecule has 0 spiro atoms. The van der Waals surface area contributed by atoms with Crippen LogP contribution >= 0.6 is 0 Å². The van der Waals surface area contributed by atoms with Gasteiger partial charge in [0.2, 0.25) is 0 Å². The Bertz CT molecular complexity index is 2440. The van der Waals surface area contributed by atoms with Crippen LogP contribution in [0.2, 0.25) is 0 Å². The molecule has 53 heavy (non-hydrogen) atoms. The highest BCUT2D eigenvalue weighted by atomic mass is 16.5. The average molecular weight is 697 g/mol. The Balaban J connectivity index is 1.05. The van der Waals surface area contributed by atoms with Crippen LogP contribution in [0.15, 0.2) is 134 Å². The van der Waals surface area contributed by atoms with Gasteiger partial charge in [-0.05, 0) is 107 Å². The lowest BCUT2D eigenvalue weighted by molar-refractivity contribution is 0.483. The summed E-state index contributed by atoms with van der Waals surface area (Å²) in [5, 5.41) is 2.36. The zero-order chi connectivity index (χ0) is 36.8. The summed E-state index contributed by atoms with van der Waals surface area (Å²) < 4.78 is 8.78. The van der Waals surface area contributed by atoms with E-state index in [1.807, 2.05) is 12.3 Å². The number of hydrogen-bond donors (Lipinski definition) is 0. The first-order valence-corrected chi connectivity index (χ1v) is 18.9. The van der Waals surface area contributed by atoms with E-state index in [0.717, 1.165) is 39.6 Å². The van der Waals surface area contributed by atoms with Crippen molar-refractivity contribution in [3.8, 4) is 28.4 Å². The first-order chi connectivity index (χ1) is 25.6. The highest BCUT2D eigenvalue weighted by Crippen LogP contribution is 2.41. The van der Waals surface area contributed by atoms with Crippen LogP contribution in [-0.4, -0.2) is 16.2 Å². The van der Waals surface area contributed by atoms with Crippen LogP contribution < -0.4 is 14.5 Å². The maximum Gasteiger partial charge on any atom is 0.137 e. The molecule has 266 valence electrons. The highest BCUT2D eigenvalue weighted by molar-refractivity contribution is 6.09. The van der Waals surface area contributed by atoms with Crippen LogP contribution in [0.1, 0.15) is 81.5 Å². The van der Waals surface area contributed by atoms with Crippen molar-refractivity contribution in [2.24, 2.45) is 0 Å². The molecule has 0 aliphatic carbocycles. The largest absolute Gasteiger partial charge is 0.457 e. The molecule has 0 atom stereocenters. The maximum atomic E-state index is 6.55. The van der Waals surface area contributed by atoms with Crippen molar-refractivity contribution in [2.75, 3.05) is 16.5 Å². The number of nitrogens with zero attached hydrogens (tertiary/aromatic N) is 4. The van der Waals surface area contributed by atoms with Crippen molar-refractivity contribution < 1.29 is 4.74 Å². The molecule has 0 amide bonds. The topological polar surface area (TPSA) is 33.5 Å². The fourth-order valence-corrected chi connectivity index (χ4v) is 7.60. The van der Waals surface area contributed by atoms with Crippen LogP contribution in [0.3, 0.4) is 0 Å². The number of pyridine rings is 1. The minimum Gasteiger partial charge on any atom is -0.457 e. The summed E-state index contributed by atoms with van der Waals surface area (Å²) in [7, 11) is 0. The van der Waals surface area contributed by atoms with E-state index in [4.69, 9.17) is 9.72 Å². The number of ether oxygens (including phenoxy) is 1. The van der Waals surface area contributed by atoms with Gasteiger partial charge in [0, 0.05) is 52.9 Å². The number of aromatic nitrogens is 2. The molecule has 7 aromatic rings. The van der Waals surface area contributed by atoms with E-state index < -0.39 is 0 Å². The van der Waals surface area contributed by atoms with Crippen molar-refractivity contribution in [3.05, 3.63) is 156 Å². The minimum absolute atomic E-state index is 0.429. The van der Waals surface area contributed by atoms with Gasteiger partial charge in [0.25, 0.3) is 0 Å². The van der Waals surface area contributed by atoms with Crippen molar-refractivity contribution in [1.29, 1.82) is 0 Å². The second kappa shape index (κ2) is 14.0. The maximum absolute atomic E-state index is 6.55. The SMILES string of the molecule is Cc1ccc(-n2c3ccccc3c3ccc(Oc4cccc(N5C=CN(c6cccc(-c7c(C(C)C)cc(C(C)C)cc7C(C)C)c6)C5)c4)cc32)nc1. The van der Waals surface area contributed by atoms with Gasteiger partial charge in [-0.3, -0.25) is 4.57 Å². The Labute approximate surface area is 313 Å². The zero-order valence-electron chi connectivity index (χ0n) is 31.8. The Kier molecular flexibility index (Phi) is 9.03. The predicted octanol–water partition coefficient (Wildman–Crippen LogP) is 13.1. The van der Waals surface area contributed by atoms with Gasteiger partial charge in [-0.2, -0.15) is 0 Å². The van der Waals surface area contributed by atoms with E-state index in [2.05, 4.69) is 184 Å². The van der Waals surface area contributed by atoms with Crippen LogP contribution in [0, 0.1) is 6.92 Å². The van der Waals surface area contributed by atoms with Gasteiger partial charge in [-0.25, -0.2) is 4.98 Å². The third kappa shape index (κ3) is 6.57.